The number of fused-ring (bicyclic) bond motifs is 2. The largest absolute Gasteiger partial charge is 0.497 e. The van der Waals surface area contributed by atoms with Gasteiger partial charge in [0.25, 0.3) is 15.9 Å². The summed E-state index contributed by atoms with van der Waals surface area (Å²) in [6.07, 6.45) is -0.676. The first-order valence-corrected chi connectivity index (χ1v) is 15.8. The molecular weight excluding hydrogens is 604 g/mol. The van der Waals surface area contributed by atoms with Crippen LogP contribution in [-0.2, 0) is 10.0 Å². The van der Waals surface area contributed by atoms with E-state index >= 15 is 0 Å². The van der Waals surface area contributed by atoms with Crippen LogP contribution < -0.4 is 29.0 Å². The predicted octanol–water partition coefficient (Wildman–Crippen LogP) is 3.61. The van der Waals surface area contributed by atoms with Crippen molar-refractivity contribution in [3.8, 4) is 23.0 Å². The summed E-state index contributed by atoms with van der Waals surface area (Å²) in [6.45, 7) is 3.74. The maximum atomic E-state index is 13.8. The van der Waals surface area contributed by atoms with Gasteiger partial charge in [-0.1, -0.05) is 13.0 Å². The van der Waals surface area contributed by atoms with E-state index in [1.54, 1.807) is 44.3 Å². The van der Waals surface area contributed by atoms with Crippen molar-refractivity contribution < 1.29 is 42.1 Å². The zero-order valence-corrected chi connectivity index (χ0v) is 26.2. The van der Waals surface area contributed by atoms with Gasteiger partial charge in [0.05, 0.1) is 42.4 Å². The molecule has 0 unspecified atom stereocenters. The van der Waals surface area contributed by atoms with E-state index in [-0.39, 0.29) is 54.3 Å². The minimum Gasteiger partial charge on any atom is -0.497 e. The Kier molecular flexibility index (Phi) is 9.25. The number of amides is 3. The van der Waals surface area contributed by atoms with E-state index in [0.717, 1.165) is 0 Å². The van der Waals surface area contributed by atoms with Gasteiger partial charge in [0.15, 0.2) is 17.2 Å². The van der Waals surface area contributed by atoms with E-state index in [4.69, 9.17) is 18.9 Å². The highest BCUT2D eigenvalue weighted by Crippen LogP contribution is 2.37. The van der Waals surface area contributed by atoms with Crippen LogP contribution in [0.5, 0.6) is 23.0 Å². The summed E-state index contributed by atoms with van der Waals surface area (Å²) in [7, 11) is -1.01. The smallest absolute Gasteiger partial charge is 0.321 e. The van der Waals surface area contributed by atoms with E-state index in [9.17, 15) is 23.1 Å². The molecule has 3 N–H and O–H groups in total. The normalized spacial score (nSPS) is 18.2. The van der Waals surface area contributed by atoms with Crippen LogP contribution in [0, 0.1) is 5.92 Å². The standard InChI is InChI=1S/C31H36N4O9S/c1-19-15-35(20(2)17-36)30(37)24-6-5-7-25(33-45(39,40)23-11-9-22(41-4)10-12-23)29(24)44-28(19)16-34(3)31(38)32-21-8-13-26-27(14-21)43-18-42-26/h5-14,19-20,28,33,36H,15-18H2,1-4H3,(H,32,38)/t19-,20+,28-/m0/s1. The SMILES string of the molecule is COc1ccc(S(=O)(=O)Nc2cccc3c2O[C@@H](CN(C)C(=O)Nc2ccc4c(c2)OCO4)[C@@H](C)CN([C@H](C)CO)C3=O)cc1. The van der Waals surface area contributed by atoms with Gasteiger partial charge in [0.2, 0.25) is 6.79 Å². The minimum atomic E-state index is -4.10. The quantitative estimate of drug-likeness (QED) is 0.318. The van der Waals surface area contributed by atoms with Crippen molar-refractivity contribution in [3.05, 3.63) is 66.2 Å². The van der Waals surface area contributed by atoms with Gasteiger partial charge in [-0.3, -0.25) is 9.52 Å². The van der Waals surface area contributed by atoms with Gasteiger partial charge in [0.1, 0.15) is 11.9 Å². The van der Waals surface area contributed by atoms with Gasteiger partial charge in [-0.15, -0.1) is 0 Å². The third-order valence-electron chi connectivity index (χ3n) is 7.73. The number of ether oxygens (including phenoxy) is 4. The molecule has 3 atom stereocenters. The molecule has 0 radical (unpaired) electrons. The number of carbonyl (C=O) groups is 2. The average Bonchev–Trinajstić information content (AvgIpc) is 3.50. The fourth-order valence-corrected chi connectivity index (χ4v) is 6.11. The van der Waals surface area contributed by atoms with E-state index in [0.29, 0.717) is 22.9 Å². The number of urea groups is 1. The van der Waals surface area contributed by atoms with Crippen molar-refractivity contribution in [2.45, 2.75) is 30.9 Å². The second kappa shape index (κ2) is 13.1. The number of aliphatic hydroxyl groups is 1. The van der Waals surface area contributed by atoms with Crippen molar-refractivity contribution in [2.75, 3.05) is 50.7 Å². The van der Waals surface area contributed by atoms with E-state index in [1.165, 1.54) is 47.2 Å². The lowest BCUT2D eigenvalue weighted by molar-refractivity contribution is 0.0373. The van der Waals surface area contributed by atoms with Gasteiger partial charge in [-0.25, -0.2) is 13.2 Å². The third kappa shape index (κ3) is 6.86. The maximum Gasteiger partial charge on any atom is 0.321 e. The molecule has 45 heavy (non-hydrogen) atoms. The van der Waals surface area contributed by atoms with Crippen LogP contribution in [0.2, 0.25) is 0 Å². The highest BCUT2D eigenvalue weighted by Gasteiger charge is 2.35. The first kappa shape index (κ1) is 31.7. The Bertz CT molecular complexity index is 1670. The van der Waals surface area contributed by atoms with Crippen molar-refractivity contribution in [1.82, 2.24) is 9.80 Å². The third-order valence-corrected chi connectivity index (χ3v) is 9.11. The first-order valence-electron chi connectivity index (χ1n) is 14.3. The molecule has 5 rings (SSSR count). The van der Waals surface area contributed by atoms with Crippen LogP contribution in [0.15, 0.2) is 65.6 Å². The molecule has 3 aromatic carbocycles. The Morgan fingerprint density at radius 1 is 1.13 bits per heavy atom. The fourth-order valence-electron chi connectivity index (χ4n) is 5.05. The number of hydrogen-bond acceptors (Lipinski definition) is 9. The van der Waals surface area contributed by atoms with Gasteiger partial charge < -0.3 is 39.2 Å². The lowest BCUT2D eigenvalue weighted by Gasteiger charge is -2.38. The minimum absolute atomic E-state index is 0.0153. The summed E-state index contributed by atoms with van der Waals surface area (Å²) in [6, 6.07) is 14.6. The summed E-state index contributed by atoms with van der Waals surface area (Å²) >= 11 is 0. The number of rotatable bonds is 9. The Morgan fingerprint density at radius 2 is 1.87 bits per heavy atom. The van der Waals surface area contributed by atoms with Crippen molar-refractivity contribution >= 4 is 33.3 Å². The van der Waals surface area contributed by atoms with Crippen LogP contribution in [0.1, 0.15) is 24.2 Å². The lowest BCUT2D eigenvalue weighted by Crippen LogP contribution is -2.50. The van der Waals surface area contributed by atoms with Crippen molar-refractivity contribution in [2.24, 2.45) is 5.92 Å². The average molecular weight is 641 g/mol. The molecule has 3 aromatic rings. The second-order valence-corrected chi connectivity index (χ2v) is 12.6. The first-order chi connectivity index (χ1) is 21.5. The highest BCUT2D eigenvalue weighted by atomic mass is 32.2. The highest BCUT2D eigenvalue weighted by molar-refractivity contribution is 7.92. The van der Waals surface area contributed by atoms with Gasteiger partial charge in [-0.05, 0) is 55.5 Å². The summed E-state index contributed by atoms with van der Waals surface area (Å²) in [5.74, 6) is 0.882. The molecule has 240 valence electrons. The zero-order valence-electron chi connectivity index (χ0n) is 25.3. The number of nitrogens with zero attached hydrogens (tertiary/aromatic N) is 2. The molecule has 0 aromatic heterocycles. The van der Waals surface area contributed by atoms with Crippen LogP contribution >= 0.6 is 0 Å². The topological polar surface area (TPSA) is 156 Å². The van der Waals surface area contributed by atoms with Gasteiger partial charge in [-0.2, -0.15) is 0 Å². The number of sulfonamides is 1. The molecule has 3 amide bonds. The molecule has 0 bridgehead atoms. The monoisotopic (exact) mass is 640 g/mol. The second-order valence-electron chi connectivity index (χ2n) is 11.0. The number of likely N-dealkylation sites (N-methyl/N-ethyl adjacent to an activating group) is 1. The van der Waals surface area contributed by atoms with Crippen LogP contribution in [-0.4, -0.2) is 88.1 Å². The molecule has 0 saturated carbocycles. The van der Waals surface area contributed by atoms with E-state index < -0.39 is 34.1 Å². The molecule has 13 nitrogen and oxygen atoms in total. The lowest BCUT2D eigenvalue weighted by atomic mass is 9.99. The van der Waals surface area contributed by atoms with Gasteiger partial charge >= 0.3 is 6.03 Å². The Hall–Kier alpha value is -4.69. The molecule has 0 fully saturated rings. The predicted molar refractivity (Wildman–Crippen MR) is 166 cm³/mol. The molecule has 2 aliphatic heterocycles. The van der Waals surface area contributed by atoms with Gasteiger partial charge in [0, 0.05) is 31.3 Å². The van der Waals surface area contributed by atoms with Crippen LogP contribution in [0.25, 0.3) is 0 Å². The summed E-state index contributed by atoms with van der Waals surface area (Å²) in [5.41, 5.74) is 0.686. The van der Waals surface area contributed by atoms with E-state index in [1.807, 2.05) is 6.92 Å². The van der Waals surface area contributed by atoms with Crippen LogP contribution in [0.4, 0.5) is 16.2 Å². The summed E-state index contributed by atoms with van der Waals surface area (Å²) in [5, 5.41) is 12.8. The molecular formula is C31H36N4O9S. The fraction of sp³-hybridized carbons (Fsp3) is 0.355. The molecule has 0 saturated heterocycles. The number of benzene rings is 3. The van der Waals surface area contributed by atoms with E-state index in [2.05, 4.69) is 10.0 Å². The summed E-state index contributed by atoms with van der Waals surface area (Å²) < 4.78 is 51.6. The van der Waals surface area contributed by atoms with Crippen molar-refractivity contribution in [1.29, 1.82) is 0 Å². The number of hydrogen-bond donors (Lipinski definition) is 3. The molecule has 2 heterocycles. The Balaban J connectivity index is 1.44. The number of anilines is 2. The Labute approximate surface area is 261 Å². The molecule has 14 heteroatoms. The maximum absolute atomic E-state index is 13.8. The van der Waals surface area contributed by atoms with Crippen LogP contribution in [0.3, 0.4) is 0 Å². The zero-order chi connectivity index (χ0) is 32.3. The number of methoxy groups -OCH3 is 1. The number of carbonyl (C=O) groups excluding carboxylic acids is 2. The molecule has 0 aliphatic carbocycles. The number of nitrogens with one attached hydrogen (secondary N) is 2. The number of para-hydroxylation sites is 1. The Morgan fingerprint density at radius 3 is 2.58 bits per heavy atom. The summed E-state index contributed by atoms with van der Waals surface area (Å²) in [4.78, 5) is 29.9. The molecule has 2 aliphatic rings. The molecule has 0 spiro atoms. The number of aliphatic hydroxyl groups excluding tert-OH is 1. The van der Waals surface area contributed by atoms with Crippen molar-refractivity contribution in [3.63, 3.8) is 0 Å².